The monoisotopic (exact) mass is 309 g/mol. The lowest BCUT2D eigenvalue weighted by Crippen LogP contribution is -2.11. The minimum Gasteiger partial charge on any atom is -0.508 e. The van der Waals surface area contributed by atoms with Crippen LogP contribution in [0.3, 0.4) is 0 Å². The van der Waals surface area contributed by atoms with Crippen molar-refractivity contribution >= 4 is 34.7 Å². The normalized spacial score (nSPS) is 13.8. The fraction of sp³-hybridized carbons (Fsp3) is 0.214. The van der Waals surface area contributed by atoms with Gasteiger partial charge in [0.1, 0.15) is 11.6 Å². The lowest BCUT2D eigenvalue weighted by molar-refractivity contribution is 0.103. The largest absolute Gasteiger partial charge is 0.508 e. The first-order valence-corrected chi connectivity index (χ1v) is 8.10. The molecule has 0 spiro atoms. The van der Waals surface area contributed by atoms with Gasteiger partial charge >= 0.3 is 0 Å². The van der Waals surface area contributed by atoms with Crippen molar-refractivity contribution in [2.75, 3.05) is 11.1 Å². The number of benzene rings is 1. The number of carbonyl (C=O) groups is 1. The van der Waals surface area contributed by atoms with Gasteiger partial charge in [0.25, 0.3) is 5.91 Å². The van der Waals surface area contributed by atoms with Crippen molar-refractivity contribution < 1.29 is 14.3 Å². The van der Waals surface area contributed by atoms with E-state index in [-0.39, 0.29) is 17.3 Å². The Morgan fingerprint density at radius 2 is 2.20 bits per heavy atom. The number of rotatable bonds is 2. The lowest BCUT2D eigenvalue weighted by Gasteiger charge is -2.08. The zero-order valence-electron chi connectivity index (χ0n) is 10.5. The Balaban J connectivity index is 1.80. The fourth-order valence-corrected chi connectivity index (χ4v) is 4.32. The summed E-state index contributed by atoms with van der Waals surface area (Å²) in [5.41, 5.74) is 1.29. The number of aromatic hydroxyl groups is 1. The predicted molar refractivity (Wildman–Crippen MR) is 80.2 cm³/mol. The van der Waals surface area contributed by atoms with E-state index in [4.69, 9.17) is 5.11 Å². The third-order valence-electron chi connectivity index (χ3n) is 3.05. The van der Waals surface area contributed by atoms with Crippen LogP contribution in [0.15, 0.2) is 24.3 Å². The second kappa shape index (κ2) is 5.46. The van der Waals surface area contributed by atoms with Gasteiger partial charge in [-0.1, -0.05) is 0 Å². The number of phenols is 1. The number of thioether (sulfide) groups is 1. The number of nitrogens with one attached hydrogen (secondary N) is 1. The minimum atomic E-state index is -0.643. The van der Waals surface area contributed by atoms with Gasteiger partial charge in [0.2, 0.25) is 0 Å². The van der Waals surface area contributed by atoms with Crippen molar-refractivity contribution in [2.45, 2.75) is 12.2 Å². The number of carbonyl (C=O) groups excluding carboxylic acids is 1. The maximum Gasteiger partial charge on any atom is 0.265 e. The quantitative estimate of drug-likeness (QED) is 0.833. The Hall–Kier alpha value is -1.53. The summed E-state index contributed by atoms with van der Waals surface area (Å²) in [6.07, 6.45) is 0.992. The predicted octanol–water partition coefficient (Wildman–Crippen LogP) is 3.63. The van der Waals surface area contributed by atoms with Crippen LogP contribution in [-0.2, 0) is 12.2 Å². The molecule has 1 aromatic carbocycles. The molecule has 0 aliphatic carbocycles. The zero-order valence-corrected chi connectivity index (χ0v) is 12.1. The highest BCUT2D eigenvalue weighted by Crippen LogP contribution is 2.32. The average molecular weight is 309 g/mol. The molecule has 0 fully saturated rings. The molecule has 2 heterocycles. The molecule has 1 amide bonds. The summed E-state index contributed by atoms with van der Waals surface area (Å²) in [6.45, 7) is 0. The van der Waals surface area contributed by atoms with Crippen molar-refractivity contribution in [1.29, 1.82) is 0 Å². The number of fused-ring (bicyclic) bond motifs is 1. The van der Waals surface area contributed by atoms with E-state index in [1.807, 2.05) is 17.8 Å². The summed E-state index contributed by atoms with van der Waals surface area (Å²) in [7, 11) is 0. The fourth-order valence-electron chi connectivity index (χ4n) is 2.05. The second-order valence-corrected chi connectivity index (χ2v) is 6.72. The van der Waals surface area contributed by atoms with Crippen LogP contribution in [0.2, 0.25) is 0 Å². The molecule has 1 aliphatic rings. The molecular formula is C14H12FNO2S2. The molecule has 0 unspecified atom stereocenters. The number of thiophene rings is 1. The number of aryl methyl sites for hydroxylation is 1. The van der Waals surface area contributed by atoms with Gasteiger partial charge in [-0.2, -0.15) is 11.8 Å². The molecule has 2 N–H and O–H groups in total. The highest BCUT2D eigenvalue weighted by molar-refractivity contribution is 7.98. The molecule has 0 bridgehead atoms. The van der Waals surface area contributed by atoms with Crippen LogP contribution in [-0.4, -0.2) is 16.8 Å². The Bertz CT molecular complexity index is 646. The van der Waals surface area contributed by atoms with E-state index in [0.717, 1.165) is 24.0 Å². The van der Waals surface area contributed by atoms with Gasteiger partial charge in [0.15, 0.2) is 0 Å². The molecule has 1 aromatic heterocycles. The summed E-state index contributed by atoms with van der Waals surface area (Å²) in [4.78, 5) is 14.0. The highest BCUT2D eigenvalue weighted by atomic mass is 32.2. The maximum absolute atomic E-state index is 13.6. The molecule has 104 valence electrons. The van der Waals surface area contributed by atoms with Gasteiger partial charge in [-0.3, -0.25) is 4.79 Å². The molecule has 0 saturated heterocycles. The SMILES string of the molecule is O=C(Nc1ccc(O)cc1F)c1cc2c(s1)CCSC2. The molecule has 0 radical (unpaired) electrons. The summed E-state index contributed by atoms with van der Waals surface area (Å²) in [5.74, 6) is 0.909. The number of amides is 1. The number of anilines is 1. The van der Waals surface area contributed by atoms with Crippen LogP contribution in [0.25, 0.3) is 0 Å². The molecule has 3 nitrogen and oxygen atoms in total. The van der Waals surface area contributed by atoms with Gasteiger partial charge in [-0.15, -0.1) is 11.3 Å². The Labute approximate surface area is 123 Å². The first-order valence-electron chi connectivity index (χ1n) is 6.12. The topological polar surface area (TPSA) is 49.3 Å². The molecule has 2 aromatic rings. The van der Waals surface area contributed by atoms with Crippen LogP contribution in [0.1, 0.15) is 20.1 Å². The van der Waals surface area contributed by atoms with Gasteiger partial charge < -0.3 is 10.4 Å². The van der Waals surface area contributed by atoms with E-state index in [1.54, 1.807) is 0 Å². The smallest absolute Gasteiger partial charge is 0.265 e. The van der Waals surface area contributed by atoms with Gasteiger partial charge in [0.05, 0.1) is 10.6 Å². The maximum atomic E-state index is 13.6. The van der Waals surface area contributed by atoms with Gasteiger partial charge in [0, 0.05) is 16.7 Å². The number of hydrogen-bond acceptors (Lipinski definition) is 4. The number of phenolic OH excluding ortho intramolecular Hbond substituents is 1. The van der Waals surface area contributed by atoms with Crippen molar-refractivity contribution in [3.63, 3.8) is 0 Å². The van der Waals surface area contributed by atoms with Crippen molar-refractivity contribution in [1.82, 2.24) is 0 Å². The van der Waals surface area contributed by atoms with E-state index >= 15 is 0 Å². The van der Waals surface area contributed by atoms with E-state index in [2.05, 4.69) is 5.32 Å². The molecule has 0 atom stereocenters. The van der Waals surface area contributed by atoms with Crippen molar-refractivity contribution in [3.05, 3.63) is 45.4 Å². The van der Waals surface area contributed by atoms with Crippen LogP contribution in [0.5, 0.6) is 5.75 Å². The summed E-state index contributed by atoms with van der Waals surface area (Å²) >= 11 is 3.33. The number of hydrogen-bond donors (Lipinski definition) is 2. The summed E-state index contributed by atoms with van der Waals surface area (Å²) in [5, 5.41) is 11.7. The molecule has 1 aliphatic heterocycles. The minimum absolute atomic E-state index is 0.0774. The van der Waals surface area contributed by atoms with Crippen LogP contribution >= 0.6 is 23.1 Å². The Morgan fingerprint density at radius 3 is 2.95 bits per heavy atom. The highest BCUT2D eigenvalue weighted by Gasteiger charge is 2.18. The van der Waals surface area contributed by atoms with Gasteiger partial charge in [-0.05, 0) is 35.9 Å². The molecule has 6 heteroatoms. The number of halogens is 1. The third kappa shape index (κ3) is 2.66. The third-order valence-corrected chi connectivity index (χ3v) is 5.30. The first kappa shape index (κ1) is 13.5. The second-order valence-electron chi connectivity index (χ2n) is 4.48. The van der Waals surface area contributed by atoms with Crippen molar-refractivity contribution in [2.24, 2.45) is 0 Å². The van der Waals surface area contributed by atoms with E-state index < -0.39 is 5.82 Å². The van der Waals surface area contributed by atoms with E-state index in [0.29, 0.717) is 4.88 Å². The standard InChI is InChI=1S/C14H12FNO2S2/c15-10-6-9(17)1-2-11(10)16-14(18)13-5-8-7-19-4-3-12(8)20-13/h1-2,5-6,17H,3-4,7H2,(H,16,18). The lowest BCUT2D eigenvalue weighted by atomic mass is 10.2. The summed E-state index contributed by atoms with van der Waals surface area (Å²) < 4.78 is 13.6. The Morgan fingerprint density at radius 1 is 1.35 bits per heavy atom. The molecule has 3 rings (SSSR count). The van der Waals surface area contributed by atoms with Crippen LogP contribution < -0.4 is 5.32 Å². The molecule has 20 heavy (non-hydrogen) atoms. The van der Waals surface area contributed by atoms with E-state index in [9.17, 15) is 9.18 Å². The first-order chi connectivity index (χ1) is 9.63. The summed E-state index contributed by atoms with van der Waals surface area (Å²) in [6, 6.07) is 5.56. The average Bonchev–Trinajstić information content (AvgIpc) is 2.86. The van der Waals surface area contributed by atoms with E-state index in [1.165, 1.54) is 33.9 Å². The van der Waals surface area contributed by atoms with Crippen molar-refractivity contribution in [3.8, 4) is 5.75 Å². The molecule has 0 saturated carbocycles. The Kier molecular flexibility index (Phi) is 3.67. The molecular weight excluding hydrogens is 297 g/mol. The van der Waals surface area contributed by atoms with Gasteiger partial charge in [-0.25, -0.2) is 4.39 Å². The van der Waals surface area contributed by atoms with Crippen LogP contribution in [0.4, 0.5) is 10.1 Å². The zero-order chi connectivity index (χ0) is 14.1. The van der Waals surface area contributed by atoms with Crippen LogP contribution in [0, 0.1) is 5.82 Å².